The van der Waals surface area contributed by atoms with E-state index in [1.54, 1.807) is 0 Å². The van der Waals surface area contributed by atoms with E-state index in [1.807, 2.05) is 0 Å². The molecule has 0 aromatic heterocycles. The van der Waals surface area contributed by atoms with Gasteiger partial charge < -0.3 is 16.6 Å². The Bertz CT molecular complexity index is 128. The molecule has 0 atom stereocenters. The van der Waals surface area contributed by atoms with Crippen LogP contribution in [0.5, 0.6) is 0 Å². The van der Waals surface area contributed by atoms with Crippen LogP contribution in [0.25, 0.3) is 0 Å². The number of hydrogen-bond acceptors (Lipinski definition) is 3. The van der Waals surface area contributed by atoms with Crippen molar-refractivity contribution in [2.24, 2.45) is 11.5 Å². The Kier molecular flexibility index (Phi) is 5.65. The molecule has 3 nitrogen and oxygen atoms in total. The molecule has 0 aliphatic heterocycles. The van der Waals surface area contributed by atoms with E-state index in [-0.39, 0.29) is 12.4 Å². The largest absolute Gasteiger partial charge is 0.392 e. The second kappa shape index (κ2) is 6.04. The number of nitrogens with two attached hydrogens (primary N) is 2. The molecular weight excluding hydrogens is 140 g/mol. The van der Waals surface area contributed by atoms with Gasteiger partial charge >= 0.3 is 0 Å². The van der Waals surface area contributed by atoms with Gasteiger partial charge in [-0.05, 0) is 18.4 Å². The van der Waals surface area contributed by atoms with Crippen LogP contribution in [0.3, 0.4) is 0 Å². The van der Waals surface area contributed by atoms with Gasteiger partial charge in [-0.25, -0.2) is 0 Å². The molecule has 0 radical (unpaired) electrons. The van der Waals surface area contributed by atoms with Crippen molar-refractivity contribution in [1.82, 2.24) is 0 Å². The highest BCUT2D eigenvalue weighted by atomic mass is 16.3. The van der Waals surface area contributed by atoms with E-state index >= 15 is 0 Å². The van der Waals surface area contributed by atoms with Crippen LogP contribution in [0.4, 0.5) is 0 Å². The van der Waals surface area contributed by atoms with Gasteiger partial charge in [0, 0.05) is 0 Å². The molecule has 0 heterocycles. The summed E-state index contributed by atoms with van der Waals surface area (Å²) in [6, 6.07) is 0. The molecule has 11 heavy (non-hydrogen) atoms. The summed E-state index contributed by atoms with van der Waals surface area (Å²) in [4.78, 5) is 0. The summed E-state index contributed by atoms with van der Waals surface area (Å²) in [6.07, 6.45) is 4.22. The summed E-state index contributed by atoms with van der Waals surface area (Å²) in [5.74, 6) is 0.281. The first kappa shape index (κ1) is 10.3. The maximum atomic E-state index is 8.78. The van der Waals surface area contributed by atoms with Crippen LogP contribution in [0.2, 0.25) is 0 Å². The molecule has 0 aliphatic carbocycles. The molecule has 0 saturated heterocycles. The second-order valence-corrected chi connectivity index (χ2v) is 2.67. The molecule has 3 heteroatoms. The highest BCUT2D eigenvalue weighted by Crippen LogP contribution is 2.08. The highest BCUT2D eigenvalue weighted by molar-refractivity contribution is 5.07. The zero-order valence-corrected chi connectivity index (χ0v) is 7.14. The van der Waals surface area contributed by atoms with E-state index in [4.69, 9.17) is 16.6 Å². The standard InChI is InChI=1S/C8H18N2O/c1-2-3-4-5-7(6-11)8(9)10/h11H,2-6,9-10H2,1H3. The second-order valence-electron chi connectivity index (χ2n) is 2.67. The Morgan fingerprint density at radius 2 is 1.91 bits per heavy atom. The number of hydrogen-bond donors (Lipinski definition) is 3. The van der Waals surface area contributed by atoms with Crippen LogP contribution in [0.1, 0.15) is 32.6 Å². The maximum absolute atomic E-state index is 8.78. The van der Waals surface area contributed by atoms with Crippen LogP contribution in [0.15, 0.2) is 11.4 Å². The van der Waals surface area contributed by atoms with Crippen LogP contribution >= 0.6 is 0 Å². The van der Waals surface area contributed by atoms with Crippen molar-refractivity contribution in [2.75, 3.05) is 6.61 Å². The van der Waals surface area contributed by atoms with Crippen LogP contribution < -0.4 is 11.5 Å². The summed E-state index contributed by atoms with van der Waals surface area (Å²) in [7, 11) is 0. The minimum Gasteiger partial charge on any atom is -0.392 e. The molecular formula is C8H18N2O. The molecule has 0 rings (SSSR count). The fraction of sp³-hybridized carbons (Fsp3) is 0.750. The Hall–Kier alpha value is -0.700. The summed E-state index contributed by atoms with van der Waals surface area (Å²) in [5.41, 5.74) is 11.4. The van der Waals surface area contributed by atoms with Gasteiger partial charge in [0.15, 0.2) is 0 Å². The average Bonchev–Trinajstić information content (AvgIpc) is 1.97. The molecule has 0 saturated carbocycles. The van der Waals surface area contributed by atoms with E-state index in [2.05, 4.69) is 6.92 Å². The predicted octanol–water partition coefficient (Wildman–Crippen LogP) is 0.688. The minimum absolute atomic E-state index is 0.00789. The molecule has 66 valence electrons. The van der Waals surface area contributed by atoms with Gasteiger partial charge in [-0.2, -0.15) is 0 Å². The van der Waals surface area contributed by atoms with Gasteiger partial charge in [0.25, 0.3) is 0 Å². The first-order chi connectivity index (χ1) is 5.22. The number of unbranched alkanes of at least 4 members (excludes halogenated alkanes) is 2. The third kappa shape index (κ3) is 4.67. The SMILES string of the molecule is CCCCCC(CO)=C(N)N. The summed E-state index contributed by atoms with van der Waals surface area (Å²) in [5, 5.41) is 8.78. The molecule has 5 N–H and O–H groups in total. The summed E-state index contributed by atoms with van der Waals surface area (Å²) < 4.78 is 0. The minimum atomic E-state index is -0.00789. The third-order valence-electron chi connectivity index (χ3n) is 1.68. The van der Waals surface area contributed by atoms with E-state index < -0.39 is 0 Å². The molecule has 0 aromatic carbocycles. The first-order valence-electron chi connectivity index (χ1n) is 4.06. The van der Waals surface area contributed by atoms with Crippen molar-refractivity contribution in [2.45, 2.75) is 32.6 Å². The lowest BCUT2D eigenvalue weighted by Gasteiger charge is -2.04. The van der Waals surface area contributed by atoms with Crippen molar-refractivity contribution in [3.8, 4) is 0 Å². The van der Waals surface area contributed by atoms with Crippen LogP contribution in [-0.2, 0) is 0 Å². The smallest absolute Gasteiger partial charge is 0.0948 e. The van der Waals surface area contributed by atoms with Gasteiger partial charge in [-0.1, -0.05) is 19.8 Å². The van der Waals surface area contributed by atoms with E-state index in [0.29, 0.717) is 0 Å². The molecule has 0 aliphatic rings. The van der Waals surface area contributed by atoms with E-state index in [9.17, 15) is 0 Å². The third-order valence-corrected chi connectivity index (χ3v) is 1.68. The predicted molar refractivity (Wildman–Crippen MR) is 46.6 cm³/mol. The lowest BCUT2D eigenvalue weighted by Crippen LogP contribution is -2.14. The first-order valence-corrected chi connectivity index (χ1v) is 4.06. The number of rotatable bonds is 5. The Morgan fingerprint density at radius 3 is 2.27 bits per heavy atom. The van der Waals surface area contributed by atoms with Crippen molar-refractivity contribution in [3.63, 3.8) is 0 Å². The summed E-state index contributed by atoms with van der Waals surface area (Å²) in [6.45, 7) is 2.13. The van der Waals surface area contributed by atoms with E-state index in [0.717, 1.165) is 24.8 Å². The number of aliphatic hydroxyl groups excluding tert-OH is 1. The summed E-state index contributed by atoms with van der Waals surface area (Å²) >= 11 is 0. The molecule has 0 unspecified atom stereocenters. The maximum Gasteiger partial charge on any atom is 0.0948 e. The van der Waals surface area contributed by atoms with Crippen molar-refractivity contribution < 1.29 is 5.11 Å². The quantitative estimate of drug-likeness (QED) is 0.515. The Labute approximate surface area is 68.1 Å². The fourth-order valence-corrected chi connectivity index (χ4v) is 0.903. The molecule has 0 aromatic rings. The molecule has 0 fully saturated rings. The van der Waals surface area contributed by atoms with Gasteiger partial charge in [0.1, 0.15) is 0 Å². The lowest BCUT2D eigenvalue weighted by atomic mass is 10.1. The molecule has 0 bridgehead atoms. The molecule has 0 amide bonds. The van der Waals surface area contributed by atoms with Gasteiger partial charge in [0.05, 0.1) is 12.4 Å². The fourth-order valence-electron chi connectivity index (χ4n) is 0.903. The Morgan fingerprint density at radius 1 is 1.27 bits per heavy atom. The zero-order valence-electron chi connectivity index (χ0n) is 7.14. The van der Waals surface area contributed by atoms with Crippen molar-refractivity contribution in [1.29, 1.82) is 0 Å². The topological polar surface area (TPSA) is 72.3 Å². The molecule has 0 spiro atoms. The van der Waals surface area contributed by atoms with E-state index in [1.165, 1.54) is 6.42 Å². The Balaban J connectivity index is 3.63. The highest BCUT2D eigenvalue weighted by Gasteiger charge is 1.98. The monoisotopic (exact) mass is 158 g/mol. The van der Waals surface area contributed by atoms with Gasteiger partial charge in [-0.15, -0.1) is 0 Å². The lowest BCUT2D eigenvalue weighted by molar-refractivity contribution is 0.323. The van der Waals surface area contributed by atoms with Crippen molar-refractivity contribution >= 4 is 0 Å². The van der Waals surface area contributed by atoms with Crippen LogP contribution in [0, 0.1) is 0 Å². The normalized spacial score (nSPS) is 9.64. The number of aliphatic hydroxyl groups is 1. The van der Waals surface area contributed by atoms with Crippen LogP contribution in [-0.4, -0.2) is 11.7 Å². The van der Waals surface area contributed by atoms with Crippen molar-refractivity contribution in [3.05, 3.63) is 11.4 Å². The average molecular weight is 158 g/mol. The van der Waals surface area contributed by atoms with Gasteiger partial charge in [0.2, 0.25) is 0 Å². The zero-order chi connectivity index (χ0) is 8.69. The van der Waals surface area contributed by atoms with Gasteiger partial charge in [-0.3, -0.25) is 0 Å².